The number of fused-ring (bicyclic) bond motifs is 2. The molecule has 208 valence electrons. The van der Waals surface area contributed by atoms with Crippen LogP contribution < -0.4 is 10.3 Å². The number of nitrogens with zero attached hydrogens (tertiary/aromatic N) is 1. The van der Waals surface area contributed by atoms with Crippen LogP contribution >= 0.6 is 0 Å². The Bertz CT molecular complexity index is 1700. The quantitative estimate of drug-likeness (QED) is 0.300. The minimum absolute atomic E-state index is 0.119. The molecule has 0 saturated carbocycles. The van der Waals surface area contributed by atoms with Gasteiger partial charge in [-0.2, -0.15) is 0 Å². The molecule has 1 N–H and O–H groups in total. The topological polar surface area (TPSA) is 77.8 Å². The third-order valence-corrected chi connectivity index (χ3v) is 7.27. The number of carboxylic acid groups (broad SMARTS) is 1. The molecule has 0 saturated heterocycles. The SMILES string of the molecule is Cc1c(-c2c([C@H](OC(C)(C)C)C(=O)O)n(C)c(=O)c3cc(-c4ccc(F)cc4)ccc23)cc(F)c2c1CCCO2. The maximum Gasteiger partial charge on any atom is 0.339 e. The van der Waals surface area contributed by atoms with Crippen LogP contribution in [-0.2, 0) is 23.0 Å². The second kappa shape index (κ2) is 10.2. The number of aliphatic carboxylic acids is 1. The third-order valence-electron chi connectivity index (χ3n) is 7.27. The van der Waals surface area contributed by atoms with Gasteiger partial charge in [0.1, 0.15) is 5.82 Å². The van der Waals surface area contributed by atoms with E-state index < -0.39 is 29.1 Å². The van der Waals surface area contributed by atoms with E-state index in [9.17, 15) is 19.1 Å². The van der Waals surface area contributed by atoms with E-state index in [1.807, 2.05) is 6.92 Å². The smallest absolute Gasteiger partial charge is 0.339 e. The van der Waals surface area contributed by atoms with Gasteiger partial charge >= 0.3 is 5.97 Å². The van der Waals surface area contributed by atoms with Gasteiger partial charge in [0.25, 0.3) is 5.56 Å². The Morgan fingerprint density at radius 2 is 1.73 bits per heavy atom. The van der Waals surface area contributed by atoms with Crippen molar-refractivity contribution in [2.45, 2.75) is 52.2 Å². The van der Waals surface area contributed by atoms with Gasteiger partial charge in [-0.25, -0.2) is 13.6 Å². The highest BCUT2D eigenvalue weighted by Crippen LogP contribution is 2.43. The third kappa shape index (κ3) is 4.88. The number of carbonyl (C=O) groups is 1. The van der Waals surface area contributed by atoms with Crippen molar-refractivity contribution in [3.05, 3.63) is 87.3 Å². The Morgan fingerprint density at radius 3 is 2.38 bits per heavy atom. The Morgan fingerprint density at radius 1 is 1.05 bits per heavy atom. The average molecular weight is 548 g/mol. The second-order valence-electron chi connectivity index (χ2n) is 11.1. The van der Waals surface area contributed by atoms with Crippen molar-refractivity contribution in [1.82, 2.24) is 4.57 Å². The largest absolute Gasteiger partial charge is 0.490 e. The van der Waals surface area contributed by atoms with Gasteiger partial charge < -0.3 is 19.1 Å². The first kappa shape index (κ1) is 27.5. The highest BCUT2D eigenvalue weighted by molar-refractivity contribution is 6.01. The van der Waals surface area contributed by atoms with Crippen LogP contribution in [0.15, 0.2) is 53.3 Å². The van der Waals surface area contributed by atoms with Gasteiger partial charge in [0.05, 0.1) is 17.9 Å². The highest BCUT2D eigenvalue weighted by Gasteiger charge is 2.34. The minimum Gasteiger partial charge on any atom is -0.490 e. The predicted molar refractivity (Wildman–Crippen MR) is 150 cm³/mol. The monoisotopic (exact) mass is 547 g/mol. The zero-order valence-electron chi connectivity index (χ0n) is 23.1. The predicted octanol–water partition coefficient (Wildman–Crippen LogP) is 6.72. The first-order chi connectivity index (χ1) is 18.9. The van der Waals surface area contributed by atoms with Gasteiger partial charge in [-0.15, -0.1) is 0 Å². The van der Waals surface area contributed by atoms with Crippen LogP contribution in [0.3, 0.4) is 0 Å². The van der Waals surface area contributed by atoms with Gasteiger partial charge in [-0.1, -0.05) is 24.3 Å². The molecule has 0 radical (unpaired) electrons. The van der Waals surface area contributed by atoms with Crippen LogP contribution in [0.25, 0.3) is 33.0 Å². The van der Waals surface area contributed by atoms with Gasteiger partial charge in [-0.3, -0.25) is 4.79 Å². The van der Waals surface area contributed by atoms with Crippen LogP contribution in [0.2, 0.25) is 0 Å². The van der Waals surface area contributed by atoms with E-state index in [-0.39, 0.29) is 17.3 Å². The van der Waals surface area contributed by atoms with Crippen molar-refractivity contribution < 1.29 is 28.2 Å². The number of carboxylic acids is 1. The van der Waals surface area contributed by atoms with E-state index in [0.717, 1.165) is 17.5 Å². The van der Waals surface area contributed by atoms with E-state index in [2.05, 4.69) is 0 Å². The number of rotatable bonds is 5. The normalized spacial score (nSPS) is 14.1. The van der Waals surface area contributed by atoms with Crippen molar-refractivity contribution in [2.24, 2.45) is 7.05 Å². The molecule has 1 atom stereocenters. The number of ether oxygens (including phenoxy) is 2. The molecule has 1 aliphatic rings. The molecular formula is C32H31F2NO5. The van der Waals surface area contributed by atoms with Crippen LogP contribution in [0.4, 0.5) is 8.78 Å². The molecule has 2 heterocycles. The molecule has 0 spiro atoms. The van der Waals surface area contributed by atoms with Crippen LogP contribution in [-0.4, -0.2) is 27.9 Å². The standard InChI is InChI=1S/C32H31F2NO5/c1-17-21-7-6-14-39-28(21)25(34)16-23(17)26-22-13-10-19(18-8-11-20(33)12-9-18)15-24(22)30(36)35(5)27(26)29(31(37)38)40-32(2,3)4/h8-13,15-16,29H,6-7,14H2,1-5H3,(H,37,38)/t29-/m0/s1. The Labute approximate surface area is 230 Å². The minimum atomic E-state index is -1.51. The zero-order valence-corrected chi connectivity index (χ0v) is 23.1. The molecule has 0 bridgehead atoms. The van der Waals surface area contributed by atoms with E-state index in [1.54, 1.807) is 51.1 Å². The molecule has 1 aliphatic heterocycles. The Hall–Kier alpha value is -4.04. The van der Waals surface area contributed by atoms with Crippen LogP contribution in [0.5, 0.6) is 5.75 Å². The first-order valence-electron chi connectivity index (χ1n) is 13.2. The van der Waals surface area contributed by atoms with Crippen molar-refractivity contribution in [2.75, 3.05) is 6.61 Å². The summed E-state index contributed by atoms with van der Waals surface area (Å²) in [6, 6.07) is 12.5. The van der Waals surface area contributed by atoms with Crippen molar-refractivity contribution >= 4 is 16.7 Å². The summed E-state index contributed by atoms with van der Waals surface area (Å²) in [5, 5.41) is 11.1. The Balaban J connectivity index is 1.89. The Kier molecular flexibility index (Phi) is 7.00. The summed E-state index contributed by atoms with van der Waals surface area (Å²) in [6.07, 6.45) is -0.173. The fraction of sp³-hybridized carbons (Fsp3) is 0.312. The molecule has 3 aromatic carbocycles. The number of halogens is 2. The van der Waals surface area contributed by atoms with Crippen molar-refractivity contribution in [3.63, 3.8) is 0 Å². The molecular weight excluding hydrogens is 516 g/mol. The molecule has 6 nitrogen and oxygen atoms in total. The van der Waals surface area contributed by atoms with Gasteiger partial charge in [0.2, 0.25) is 0 Å². The van der Waals surface area contributed by atoms with E-state index >= 15 is 4.39 Å². The van der Waals surface area contributed by atoms with Gasteiger partial charge in [-0.05, 0) is 92.4 Å². The molecule has 0 amide bonds. The summed E-state index contributed by atoms with van der Waals surface area (Å²) in [4.78, 5) is 26.5. The maximum atomic E-state index is 15.5. The fourth-order valence-electron chi connectivity index (χ4n) is 5.44. The lowest BCUT2D eigenvalue weighted by atomic mass is 9.87. The number of hydrogen-bond acceptors (Lipinski definition) is 4. The van der Waals surface area contributed by atoms with E-state index in [0.29, 0.717) is 46.1 Å². The second-order valence-corrected chi connectivity index (χ2v) is 11.1. The highest BCUT2D eigenvalue weighted by atomic mass is 19.1. The lowest BCUT2D eigenvalue weighted by molar-refractivity contribution is -0.161. The lowest BCUT2D eigenvalue weighted by Crippen LogP contribution is -2.33. The van der Waals surface area contributed by atoms with Gasteiger partial charge in [0.15, 0.2) is 17.7 Å². The number of pyridine rings is 1. The summed E-state index contributed by atoms with van der Waals surface area (Å²) in [6.45, 7) is 7.48. The van der Waals surface area contributed by atoms with E-state index in [1.165, 1.54) is 29.8 Å². The fourth-order valence-corrected chi connectivity index (χ4v) is 5.44. The maximum absolute atomic E-state index is 15.5. The summed E-state index contributed by atoms with van der Waals surface area (Å²) in [5.74, 6) is -1.98. The van der Waals surface area contributed by atoms with Crippen molar-refractivity contribution in [1.29, 1.82) is 0 Å². The molecule has 40 heavy (non-hydrogen) atoms. The molecule has 4 aromatic rings. The summed E-state index contributed by atoms with van der Waals surface area (Å²) in [7, 11) is 1.50. The summed E-state index contributed by atoms with van der Waals surface area (Å²) < 4.78 is 42.0. The first-order valence-corrected chi connectivity index (χ1v) is 13.2. The average Bonchev–Trinajstić information content (AvgIpc) is 2.91. The van der Waals surface area contributed by atoms with Crippen LogP contribution in [0, 0.1) is 18.6 Å². The molecule has 1 aromatic heterocycles. The number of aromatic nitrogens is 1. The molecule has 0 aliphatic carbocycles. The zero-order chi connectivity index (χ0) is 28.9. The number of hydrogen-bond donors (Lipinski definition) is 1. The molecule has 5 rings (SSSR count). The van der Waals surface area contributed by atoms with E-state index in [4.69, 9.17) is 9.47 Å². The number of benzene rings is 3. The van der Waals surface area contributed by atoms with Crippen molar-refractivity contribution in [3.8, 4) is 28.0 Å². The van der Waals surface area contributed by atoms with Gasteiger partial charge in [0, 0.05) is 23.6 Å². The summed E-state index contributed by atoms with van der Waals surface area (Å²) >= 11 is 0. The molecule has 0 unspecified atom stereocenters. The summed E-state index contributed by atoms with van der Waals surface area (Å²) in [5.41, 5.74) is 2.58. The molecule has 0 fully saturated rings. The lowest BCUT2D eigenvalue weighted by Gasteiger charge is -2.29. The van der Waals surface area contributed by atoms with Crippen LogP contribution in [0.1, 0.15) is 50.1 Å². The molecule has 8 heteroatoms.